The molecule has 0 saturated heterocycles. The number of nitrogens with two attached hydrogens (primary N) is 1. The van der Waals surface area contributed by atoms with Gasteiger partial charge < -0.3 is 5.73 Å². The van der Waals surface area contributed by atoms with Crippen LogP contribution in [0, 0.1) is 6.92 Å². The number of hydrogen-bond donors (Lipinski definition) is 1. The number of benzene rings is 1. The van der Waals surface area contributed by atoms with Gasteiger partial charge in [0.2, 0.25) is 0 Å². The predicted molar refractivity (Wildman–Crippen MR) is 67.2 cm³/mol. The summed E-state index contributed by atoms with van der Waals surface area (Å²) in [4.78, 5) is 0. The third kappa shape index (κ3) is 1.69. The molecule has 0 unspecified atom stereocenters. The summed E-state index contributed by atoms with van der Waals surface area (Å²) in [5.74, 6) is 0.723. The molecule has 84 valence electrons. The fourth-order valence-electron chi connectivity index (χ4n) is 1.90. The van der Waals surface area contributed by atoms with Gasteiger partial charge in [0.05, 0.1) is 6.20 Å². The lowest BCUT2D eigenvalue weighted by atomic mass is 9.98. The number of nitrogens with zero attached hydrogens (tertiary/aromatic N) is 2. The third-order valence-electron chi connectivity index (χ3n) is 2.92. The first-order valence-electron chi connectivity index (χ1n) is 5.51. The lowest BCUT2D eigenvalue weighted by Gasteiger charge is -2.08. The highest BCUT2D eigenvalue weighted by molar-refractivity contribution is 5.76. The molecule has 0 amide bonds. The van der Waals surface area contributed by atoms with E-state index in [2.05, 4.69) is 37.1 Å². The van der Waals surface area contributed by atoms with Gasteiger partial charge >= 0.3 is 0 Å². The Morgan fingerprint density at radius 1 is 1.31 bits per heavy atom. The Bertz CT molecular complexity index is 512. The molecular formula is C13H17N3. The zero-order valence-electron chi connectivity index (χ0n) is 9.99. The molecule has 0 radical (unpaired) electrons. The van der Waals surface area contributed by atoms with Crippen LogP contribution < -0.4 is 5.73 Å². The Morgan fingerprint density at radius 2 is 2.06 bits per heavy atom. The zero-order valence-corrected chi connectivity index (χ0v) is 9.99. The van der Waals surface area contributed by atoms with Gasteiger partial charge in [-0.25, -0.2) is 0 Å². The van der Waals surface area contributed by atoms with Crippen LogP contribution in [0.1, 0.15) is 18.1 Å². The molecule has 1 aromatic heterocycles. The van der Waals surface area contributed by atoms with Crippen LogP contribution in [0.15, 0.2) is 24.4 Å². The molecule has 0 aliphatic heterocycles. The molecule has 2 N–H and O–H groups in total. The van der Waals surface area contributed by atoms with E-state index in [0.717, 1.165) is 17.8 Å². The first-order chi connectivity index (χ1) is 7.63. The van der Waals surface area contributed by atoms with Crippen LogP contribution in [0.25, 0.3) is 11.1 Å². The minimum absolute atomic E-state index is 0.723. The van der Waals surface area contributed by atoms with Crippen LogP contribution in [0.5, 0.6) is 0 Å². The zero-order chi connectivity index (χ0) is 11.7. The average Bonchev–Trinajstić information content (AvgIpc) is 2.60. The molecule has 2 rings (SSSR count). The van der Waals surface area contributed by atoms with E-state index in [4.69, 9.17) is 5.73 Å². The lowest BCUT2D eigenvalue weighted by molar-refractivity contribution is 0.779. The van der Waals surface area contributed by atoms with Crippen molar-refractivity contribution in [2.75, 3.05) is 5.73 Å². The SMILES string of the molecule is CCc1ccc(C)cc1-c1cnn(C)c1N. The second-order valence-electron chi connectivity index (χ2n) is 4.08. The lowest BCUT2D eigenvalue weighted by Crippen LogP contribution is -1.99. The summed E-state index contributed by atoms with van der Waals surface area (Å²) in [6.45, 7) is 4.25. The van der Waals surface area contributed by atoms with E-state index in [9.17, 15) is 0 Å². The van der Waals surface area contributed by atoms with E-state index in [1.807, 2.05) is 13.2 Å². The maximum Gasteiger partial charge on any atom is 0.129 e. The van der Waals surface area contributed by atoms with Gasteiger partial charge in [-0.15, -0.1) is 0 Å². The molecule has 0 spiro atoms. The number of hydrogen-bond acceptors (Lipinski definition) is 2. The minimum Gasteiger partial charge on any atom is -0.383 e. The van der Waals surface area contributed by atoms with Gasteiger partial charge in [0.25, 0.3) is 0 Å². The molecule has 3 nitrogen and oxygen atoms in total. The average molecular weight is 215 g/mol. The van der Waals surface area contributed by atoms with Gasteiger partial charge in [0.15, 0.2) is 0 Å². The van der Waals surface area contributed by atoms with E-state index in [1.54, 1.807) is 4.68 Å². The van der Waals surface area contributed by atoms with Crippen molar-refractivity contribution >= 4 is 5.82 Å². The summed E-state index contributed by atoms with van der Waals surface area (Å²) in [6.07, 6.45) is 2.84. The van der Waals surface area contributed by atoms with Crippen molar-refractivity contribution in [3.63, 3.8) is 0 Å². The molecule has 3 heteroatoms. The number of anilines is 1. The summed E-state index contributed by atoms with van der Waals surface area (Å²) in [7, 11) is 1.86. The van der Waals surface area contributed by atoms with Crippen LogP contribution in [0.3, 0.4) is 0 Å². The standard InChI is InChI=1S/C13H17N3/c1-4-10-6-5-9(2)7-11(10)12-8-15-16(3)13(12)14/h5-8H,4,14H2,1-3H3. The van der Waals surface area contributed by atoms with Crippen LogP contribution in [0.2, 0.25) is 0 Å². The second-order valence-corrected chi connectivity index (χ2v) is 4.08. The van der Waals surface area contributed by atoms with Gasteiger partial charge in [-0.05, 0) is 24.5 Å². The first-order valence-corrected chi connectivity index (χ1v) is 5.51. The van der Waals surface area contributed by atoms with Crippen molar-refractivity contribution in [2.24, 2.45) is 7.05 Å². The normalized spacial score (nSPS) is 10.7. The highest BCUT2D eigenvalue weighted by Gasteiger charge is 2.10. The Morgan fingerprint density at radius 3 is 2.62 bits per heavy atom. The topological polar surface area (TPSA) is 43.8 Å². The molecule has 0 saturated carbocycles. The highest BCUT2D eigenvalue weighted by Crippen LogP contribution is 2.29. The quantitative estimate of drug-likeness (QED) is 0.836. The van der Waals surface area contributed by atoms with Gasteiger partial charge in [-0.2, -0.15) is 5.10 Å². The molecular weight excluding hydrogens is 198 g/mol. The number of rotatable bonds is 2. The van der Waals surface area contributed by atoms with Crippen LogP contribution >= 0.6 is 0 Å². The minimum atomic E-state index is 0.723. The summed E-state index contributed by atoms with van der Waals surface area (Å²) < 4.78 is 1.71. The van der Waals surface area contributed by atoms with Crippen molar-refractivity contribution in [3.05, 3.63) is 35.5 Å². The fourth-order valence-corrected chi connectivity index (χ4v) is 1.90. The van der Waals surface area contributed by atoms with Gasteiger partial charge in [0.1, 0.15) is 5.82 Å². The summed E-state index contributed by atoms with van der Waals surface area (Å²) in [6, 6.07) is 6.47. The molecule has 0 bridgehead atoms. The van der Waals surface area contributed by atoms with Crippen molar-refractivity contribution in [3.8, 4) is 11.1 Å². The van der Waals surface area contributed by atoms with Crippen LogP contribution in [0.4, 0.5) is 5.82 Å². The molecule has 0 atom stereocenters. The third-order valence-corrected chi connectivity index (χ3v) is 2.92. The van der Waals surface area contributed by atoms with Crippen LogP contribution in [-0.2, 0) is 13.5 Å². The second kappa shape index (κ2) is 4.00. The van der Waals surface area contributed by atoms with E-state index in [-0.39, 0.29) is 0 Å². The van der Waals surface area contributed by atoms with E-state index in [1.165, 1.54) is 16.7 Å². The summed E-state index contributed by atoms with van der Waals surface area (Å²) in [5.41, 5.74) is 10.8. The van der Waals surface area contributed by atoms with Crippen LogP contribution in [-0.4, -0.2) is 9.78 Å². The Balaban J connectivity index is 2.62. The monoisotopic (exact) mass is 215 g/mol. The van der Waals surface area contributed by atoms with E-state index < -0.39 is 0 Å². The van der Waals surface area contributed by atoms with E-state index >= 15 is 0 Å². The Hall–Kier alpha value is -1.77. The number of aromatic nitrogens is 2. The fraction of sp³-hybridized carbons (Fsp3) is 0.308. The van der Waals surface area contributed by atoms with Crippen molar-refractivity contribution in [1.82, 2.24) is 9.78 Å². The van der Waals surface area contributed by atoms with Crippen molar-refractivity contribution in [2.45, 2.75) is 20.3 Å². The largest absolute Gasteiger partial charge is 0.383 e. The molecule has 16 heavy (non-hydrogen) atoms. The summed E-state index contributed by atoms with van der Waals surface area (Å²) >= 11 is 0. The molecule has 1 heterocycles. The maximum atomic E-state index is 6.01. The maximum absolute atomic E-state index is 6.01. The van der Waals surface area contributed by atoms with Gasteiger partial charge in [-0.1, -0.05) is 30.7 Å². The predicted octanol–water partition coefficient (Wildman–Crippen LogP) is 2.54. The van der Waals surface area contributed by atoms with Gasteiger partial charge in [-0.3, -0.25) is 4.68 Å². The number of nitrogen functional groups attached to an aromatic ring is 1. The smallest absolute Gasteiger partial charge is 0.129 e. The van der Waals surface area contributed by atoms with Crippen molar-refractivity contribution in [1.29, 1.82) is 0 Å². The summed E-state index contributed by atoms with van der Waals surface area (Å²) in [5, 5.41) is 4.19. The molecule has 0 aliphatic carbocycles. The number of aryl methyl sites for hydroxylation is 3. The Labute approximate surface area is 95.9 Å². The molecule has 2 aromatic rings. The van der Waals surface area contributed by atoms with Crippen molar-refractivity contribution < 1.29 is 0 Å². The highest BCUT2D eigenvalue weighted by atomic mass is 15.3. The Kier molecular flexibility index (Phi) is 2.69. The first kappa shape index (κ1) is 10.7. The molecule has 0 fully saturated rings. The van der Waals surface area contributed by atoms with E-state index in [0.29, 0.717) is 0 Å². The van der Waals surface area contributed by atoms with Gasteiger partial charge in [0, 0.05) is 12.6 Å². The molecule has 0 aliphatic rings. The molecule has 1 aromatic carbocycles.